The van der Waals surface area contributed by atoms with Crippen molar-refractivity contribution in [2.24, 2.45) is 0 Å². The smallest absolute Gasteiger partial charge is 0.252 e. The zero-order valence-electron chi connectivity index (χ0n) is 16.6. The Morgan fingerprint density at radius 1 is 1.10 bits per heavy atom. The summed E-state index contributed by atoms with van der Waals surface area (Å²) in [4.78, 5) is 12.0. The minimum atomic E-state index is -1.30. The minimum Gasteiger partial charge on any atom is -0.493 e. The van der Waals surface area contributed by atoms with Crippen molar-refractivity contribution in [3.05, 3.63) is 52.0 Å². The summed E-state index contributed by atoms with van der Waals surface area (Å²) in [5, 5.41) is 13.4. The molecule has 1 atom stereocenters. The maximum Gasteiger partial charge on any atom is 0.252 e. The summed E-state index contributed by atoms with van der Waals surface area (Å²) in [5.74, 6) is 1.21. The van der Waals surface area contributed by atoms with E-state index in [4.69, 9.17) is 37.4 Å². The van der Waals surface area contributed by atoms with Crippen molar-refractivity contribution in [3.63, 3.8) is 0 Å². The lowest BCUT2D eigenvalue weighted by Crippen LogP contribution is -2.39. The fourth-order valence-electron chi connectivity index (χ4n) is 2.48. The highest BCUT2D eigenvalue weighted by molar-refractivity contribution is 6.42. The number of aliphatic hydroxyl groups is 1. The molecule has 2 rings (SSSR count). The van der Waals surface area contributed by atoms with E-state index >= 15 is 0 Å². The fraction of sp³-hybridized carbons (Fsp3) is 0.381. The molecule has 0 aromatic heterocycles. The first-order valence-electron chi connectivity index (χ1n) is 9.17. The van der Waals surface area contributed by atoms with Gasteiger partial charge >= 0.3 is 0 Å². The summed E-state index contributed by atoms with van der Waals surface area (Å²) in [6.07, 6.45) is -0.688. The van der Waals surface area contributed by atoms with E-state index < -0.39 is 12.0 Å². The molecule has 0 radical (unpaired) electrons. The molecule has 6 nitrogen and oxygen atoms in total. The van der Waals surface area contributed by atoms with Crippen LogP contribution in [0.1, 0.15) is 19.4 Å². The van der Waals surface area contributed by atoms with Gasteiger partial charge in [0.25, 0.3) is 5.91 Å². The molecule has 0 fully saturated rings. The summed E-state index contributed by atoms with van der Waals surface area (Å²) in [6, 6.07) is 10.3. The third kappa shape index (κ3) is 7.31. The molecule has 2 N–H and O–H groups in total. The number of nitrogens with one attached hydrogen (secondary N) is 1. The Morgan fingerprint density at radius 3 is 2.52 bits per heavy atom. The van der Waals surface area contributed by atoms with Crippen molar-refractivity contribution >= 4 is 29.1 Å². The summed E-state index contributed by atoms with van der Waals surface area (Å²) in [7, 11) is 1.58. The Balaban J connectivity index is 1.80. The maximum absolute atomic E-state index is 12.0. The van der Waals surface area contributed by atoms with E-state index in [2.05, 4.69) is 5.32 Å². The molecule has 2 aromatic rings. The summed E-state index contributed by atoms with van der Waals surface area (Å²) in [5.41, 5.74) is 0.972. The number of amides is 1. The van der Waals surface area contributed by atoms with Gasteiger partial charge in [-0.2, -0.15) is 0 Å². The third-order valence-electron chi connectivity index (χ3n) is 3.91. The predicted octanol–water partition coefficient (Wildman–Crippen LogP) is 3.89. The van der Waals surface area contributed by atoms with Crippen LogP contribution in [0.2, 0.25) is 10.0 Å². The Labute approximate surface area is 180 Å². The van der Waals surface area contributed by atoms with Crippen molar-refractivity contribution in [1.29, 1.82) is 0 Å². The van der Waals surface area contributed by atoms with Gasteiger partial charge in [-0.15, -0.1) is 0 Å². The highest BCUT2D eigenvalue weighted by Gasteiger charge is 2.16. The molecule has 0 spiro atoms. The second-order valence-corrected chi connectivity index (χ2v) is 7.41. The van der Waals surface area contributed by atoms with Gasteiger partial charge in [0.05, 0.1) is 23.3 Å². The zero-order chi connectivity index (χ0) is 21.4. The van der Waals surface area contributed by atoms with Crippen LogP contribution in [0.3, 0.4) is 0 Å². The van der Waals surface area contributed by atoms with Gasteiger partial charge in [-0.05, 0) is 50.1 Å². The lowest BCUT2D eigenvalue weighted by atomic mass is 10.1. The van der Waals surface area contributed by atoms with Gasteiger partial charge in [0.1, 0.15) is 12.4 Å². The van der Waals surface area contributed by atoms with E-state index in [1.165, 1.54) is 6.07 Å². The Kier molecular flexibility index (Phi) is 8.89. The molecule has 1 amide bonds. The molecule has 158 valence electrons. The van der Waals surface area contributed by atoms with Crippen LogP contribution in [0.25, 0.3) is 0 Å². The van der Waals surface area contributed by atoms with Gasteiger partial charge in [0.2, 0.25) is 0 Å². The summed E-state index contributed by atoms with van der Waals surface area (Å²) >= 11 is 11.7. The highest BCUT2D eigenvalue weighted by Crippen LogP contribution is 2.29. The van der Waals surface area contributed by atoms with Gasteiger partial charge in [-0.1, -0.05) is 29.3 Å². The van der Waals surface area contributed by atoms with E-state index in [1.54, 1.807) is 19.2 Å². The van der Waals surface area contributed by atoms with Crippen LogP contribution in [0, 0.1) is 0 Å². The number of benzene rings is 2. The third-order valence-corrected chi connectivity index (χ3v) is 4.64. The standard InChI is InChI=1S/C21H25Cl2NO5/c1-13(2)29-19-7-4-14(10-20(19)27-3)8-9-24-21(26)18(25)12-28-15-5-6-16(22)17(23)11-15/h4-7,10-11,13,18,25H,8-9,12H2,1-3H3,(H,24,26). The zero-order valence-corrected chi connectivity index (χ0v) is 18.1. The molecule has 2 aromatic carbocycles. The quantitative estimate of drug-likeness (QED) is 0.584. The van der Waals surface area contributed by atoms with Crippen LogP contribution in [-0.2, 0) is 11.2 Å². The van der Waals surface area contributed by atoms with Crippen LogP contribution in [0.4, 0.5) is 0 Å². The second kappa shape index (κ2) is 11.1. The number of aliphatic hydroxyl groups excluding tert-OH is 1. The molecule has 0 aliphatic rings. The lowest BCUT2D eigenvalue weighted by Gasteiger charge is -2.15. The molecule has 29 heavy (non-hydrogen) atoms. The van der Waals surface area contributed by atoms with Crippen LogP contribution in [0.15, 0.2) is 36.4 Å². The molecule has 1 unspecified atom stereocenters. The monoisotopic (exact) mass is 441 g/mol. The molecule has 0 heterocycles. The normalized spacial score (nSPS) is 11.8. The maximum atomic E-state index is 12.0. The first kappa shape index (κ1) is 23.1. The summed E-state index contributed by atoms with van der Waals surface area (Å²) < 4.78 is 16.4. The van der Waals surface area contributed by atoms with Crippen molar-refractivity contribution in [2.45, 2.75) is 32.5 Å². The van der Waals surface area contributed by atoms with Gasteiger partial charge < -0.3 is 24.6 Å². The van der Waals surface area contributed by atoms with Crippen molar-refractivity contribution in [3.8, 4) is 17.2 Å². The molecule has 0 bridgehead atoms. The predicted molar refractivity (Wildman–Crippen MR) is 113 cm³/mol. The number of methoxy groups -OCH3 is 1. The first-order chi connectivity index (χ1) is 13.8. The van der Waals surface area contributed by atoms with Gasteiger partial charge in [-0.3, -0.25) is 4.79 Å². The minimum absolute atomic E-state index is 0.0432. The highest BCUT2D eigenvalue weighted by atomic mass is 35.5. The SMILES string of the molecule is COc1cc(CCNC(=O)C(O)COc2ccc(Cl)c(Cl)c2)ccc1OC(C)C. The van der Waals surface area contributed by atoms with E-state index in [9.17, 15) is 9.90 Å². The van der Waals surface area contributed by atoms with E-state index in [1.807, 2.05) is 32.0 Å². The summed E-state index contributed by atoms with van der Waals surface area (Å²) in [6.45, 7) is 4.05. The van der Waals surface area contributed by atoms with Crippen LogP contribution in [0.5, 0.6) is 17.2 Å². The average Bonchev–Trinajstić information content (AvgIpc) is 2.69. The number of halogens is 2. The number of rotatable bonds is 10. The fourth-order valence-corrected chi connectivity index (χ4v) is 2.77. The van der Waals surface area contributed by atoms with E-state index in [0.717, 1.165) is 5.56 Å². The molecular formula is C21H25Cl2NO5. The second-order valence-electron chi connectivity index (χ2n) is 6.60. The molecule has 0 saturated carbocycles. The van der Waals surface area contributed by atoms with E-state index in [0.29, 0.717) is 40.3 Å². The van der Waals surface area contributed by atoms with Crippen molar-refractivity contribution in [1.82, 2.24) is 5.32 Å². The average molecular weight is 442 g/mol. The number of hydrogen-bond donors (Lipinski definition) is 2. The van der Waals surface area contributed by atoms with Crippen LogP contribution in [-0.4, -0.2) is 43.5 Å². The van der Waals surface area contributed by atoms with Gasteiger partial charge in [-0.25, -0.2) is 0 Å². The van der Waals surface area contributed by atoms with Crippen molar-refractivity contribution < 1.29 is 24.1 Å². The topological polar surface area (TPSA) is 77.0 Å². The molecule has 0 aliphatic carbocycles. The molecule has 8 heteroatoms. The van der Waals surface area contributed by atoms with Gasteiger partial charge in [0.15, 0.2) is 17.6 Å². The number of carbonyl (C=O) groups is 1. The van der Waals surface area contributed by atoms with Crippen molar-refractivity contribution in [2.75, 3.05) is 20.3 Å². The Bertz CT molecular complexity index is 829. The largest absolute Gasteiger partial charge is 0.493 e. The number of ether oxygens (including phenoxy) is 3. The van der Waals surface area contributed by atoms with E-state index in [-0.39, 0.29) is 12.7 Å². The first-order valence-corrected chi connectivity index (χ1v) is 9.93. The van der Waals surface area contributed by atoms with Gasteiger partial charge in [0, 0.05) is 12.6 Å². The van der Waals surface area contributed by atoms with Crippen LogP contribution < -0.4 is 19.5 Å². The Hall–Kier alpha value is -2.15. The molecular weight excluding hydrogens is 417 g/mol. The number of hydrogen-bond acceptors (Lipinski definition) is 5. The lowest BCUT2D eigenvalue weighted by molar-refractivity contribution is -0.130. The number of carbonyl (C=O) groups excluding carboxylic acids is 1. The molecule has 0 aliphatic heterocycles. The Morgan fingerprint density at radius 2 is 1.86 bits per heavy atom. The van der Waals surface area contributed by atoms with Crippen LogP contribution >= 0.6 is 23.2 Å². The molecule has 0 saturated heterocycles.